The number of likely N-dealkylation sites (N-methyl/N-ethyl adjacent to an activating group) is 1. The smallest absolute Gasteiger partial charge is 0.339 e. The summed E-state index contributed by atoms with van der Waals surface area (Å²) in [6, 6.07) is 20.3. The number of nitrogens with zero attached hydrogens (tertiary/aromatic N) is 2. The Morgan fingerprint density at radius 3 is 2.26 bits per heavy atom. The van der Waals surface area contributed by atoms with Crippen LogP contribution in [-0.4, -0.2) is 47.1 Å². The Balaban J connectivity index is 1.52. The Morgan fingerprint density at radius 2 is 1.66 bits per heavy atom. The molecule has 0 bridgehead atoms. The number of benzene rings is 3. The summed E-state index contributed by atoms with van der Waals surface area (Å²) >= 11 is 1.44. The van der Waals surface area contributed by atoms with Gasteiger partial charge in [0.15, 0.2) is 0 Å². The maximum atomic E-state index is 13.5. The average Bonchev–Trinajstić information content (AvgIpc) is 2.92. The van der Waals surface area contributed by atoms with Crippen LogP contribution >= 0.6 is 11.9 Å². The van der Waals surface area contributed by atoms with E-state index in [1.165, 1.54) is 61.7 Å². The molecular formula is C30H34N2O5S. The molecule has 1 aliphatic rings. The second-order valence-corrected chi connectivity index (χ2v) is 10.9. The van der Waals surface area contributed by atoms with Crippen LogP contribution in [0.3, 0.4) is 0 Å². The minimum Gasteiger partial charge on any atom is -0.507 e. The average molecular weight is 535 g/mol. The molecule has 0 radical (unpaired) electrons. The highest BCUT2D eigenvalue weighted by Gasteiger charge is 2.22. The Bertz CT molecular complexity index is 1240. The van der Waals surface area contributed by atoms with E-state index in [4.69, 9.17) is 4.74 Å². The lowest BCUT2D eigenvalue weighted by molar-refractivity contribution is -0.118. The van der Waals surface area contributed by atoms with E-state index in [1.54, 1.807) is 18.1 Å². The molecule has 3 aromatic rings. The summed E-state index contributed by atoms with van der Waals surface area (Å²) in [5.41, 5.74) is 2.54. The monoisotopic (exact) mass is 534 g/mol. The number of amides is 1. The van der Waals surface area contributed by atoms with Gasteiger partial charge < -0.3 is 19.8 Å². The number of aromatic carboxylic acids is 1. The van der Waals surface area contributed by atoms with Gasteiger partial charge in [0, 0.05) is 16.6 Å². The first-order chi connectivity index (χ1) is 18.3. The zero-order valence-corrected chi connectivity index (χ0v) is 22.6. The number of hydrogen-bond acceptors (Lipinski definition) is 6. The van der Waals surface area contributed by atoms with Crippen molar-refractivity contribution in [3.8, 4) is 11.5 Å². The first-order valence-electron chi connectivity index (χ1n) is 12.8. The van der Waals surface area contributed by atoms with E-state index >= 15 is 0 Å². The molecule has 0 aromatic heterocycles. The van der Waals surface area contributed by atoms with Crippen molar-refractivity contribution in [2.24, 2.45) is 0 Å². The van der Waals surface area contributed by atoms with Gasteiger partial charge in [0.2, 0.25) is 5.91 Å². The number of carbonyl (C=O) groups is 2. The number of phenols is 1. The first kappa shape index (κ1) is 27.5. The Labute approximate surface area is 228 Å². The molecule has 38 heavy (non-hydrogen) atoms. The number of methoxy groups -OCH3 is 1. The molecule has 3 aromatic carbocycles. The Morgan fingerprint density at radius 1 is 0.974 bits per heavy atom. The van der Waals surface area contributed by atoms with Gasteiger partial charge in [-0.15, -0.1) is 0 Å². The Kier molecular flexibility index (Phi) is 9.31. The van der Waals surface area contributed by atoms with Crippen LogP contribution in [0.1, 0.15) is 59.5 Å². The van der Waals surface area contributed by atoms with Crippen LogP contribution in [0.25, 0.3) is 0 Å². The summed E-state index contributed by atoms with van der Waals surface area (Å²) in [4.78, 5) is 27.5. The van der Waals surface area contributed by atoms with Gasteiger partial charge in [-0.3, -0.25) is 4.79 Å². The largest absolute Gasteiger partial charge is 0.507 e. The highest BCUT2D eigenvalue weighted by molar-refractivity contribution is 7.97. The third-order valence-electron chi connectivity index (χ3n) is 6.90. The molecule has 200 valence electrons. The number of carboxylic acid groups (broad SMARTS) is 1. The highest BCUT2D eigenvalue weighted by atomic mass is 32.2. The SMILES string of the molecule is COc1ccc(SN(C)CC(=O)N(Cc2ccc(C3CCCCC3)cc2)c2ccc(C(=O)O)c(O)c2)cc1. The molecule has 1 aliphatic carbocycles. The first-order valence-corrected chi connectivity index (χ1v) is 13.6. The predicted octanol–water partition coefficient (Wildman–Crippen LogP) is 6.32. The lowest BCUT2D eigenvalue weighted by Gasteiger charge is -2.26. The molecule has 4 rings (SSSR count). The van der Waals surface area contributed by atoms with Gasteiger partial charge in [-0.25, -0.2) is 9.10 Å². The van der Waals surface area contributed by atoms with Gasteiger partial charge in [0.25, 0.3) is 0 Å². The quantitative estimate of drug-likeness (QED) is 0.294. The lowest BCUT2D eigenvalue weighted by atomic mass is 9.84. The molecule has 0 heterocycles. The van der Waals surface area contributed by atoms with Gasteiger partial charge in [-0.05, 0) is 85.3 Å². The van der Waals surface area contributed by atoms with Crippen LogP contribution in [0, 0.1) is 0 Å². The van der Waals surface area contributed by atoms with Crippen LogP contribution < -0.4 is 9.64 Å². The second kappa shape index (κ2) is 12.8. The minimum atomic E-state index is -1.22. The summed E-state index contributed by atoms with van der Waals surface area (Å²) < 4.78 is 7.05. The van der Waals surface area contributed by atoms with Crippen molar-refractivity contribution in [2.75, 3.05) is 25.6 Å². The lowest BCUT2D eigenvalue weighted by Crippen LogP contribution is -2.36. The van der Waals surface area contributed by atoms with Crippen LogP contribution in [0.15, 0.2) is 71.6 Å². The summed E-state index contributed by atoms with van der Waals surface area (Å²) in [5.74, 6) is -0.410. The molecule has 2 N–H and O–H groups in total. The maximum Gasteiger partial charge on any atom is 0.339 e. The van der Waals surface area contributed by atoms with E-state index in [9.17, 15) is 19.8 Å². The molecule has 0 unspecified atom stereocenters. The maximum absolute atomic E-state index is 13.5. The van der Waals surface area contributed by atoms with Crippen LogP contribution in [-0.2, 0) is 11.3 Å². The van der Waals surface area contributed by atoms with E-state index in [0.717, 1.165) is 16.2 Å². The van der Waals surface area contributed by atoms with Crippen molar-refractivity contribution in [1.82, 2.24) is 4.31 Å². The van der Waals surface area contributed by atoms with E-state index in [-0.39, 0.29) is 23.8 Å². The zero-order chi connectivity index (χ0) is 27.1. The Hall–Kier alpha value is -3.49. The van der Waals surface area contributed by atoms with E-state index in [1.807, 2.05) is 35.6 Å². The van der Waals surface area contributed by atoms with Crippen LogP contribution in [0.2, 0.25) is 0 Å². The molecule has 7 nitrogen and oxygen atoms in total. The van der Waals surface area contributed by atoms with Gasteiger partial charge >= 0.3 is 5.97 Å². The van der Waals surface area contributed by atoms with Gasteiger partial charge in [-0.2, -0.15) is 0 Å². The van der Waals surface area contributed by atoms with E-state index in [0.29, 0.717) is 18.2 Å². The number of carbonyl (C=O) groups excluding carboxylic acids is 1. The minimum absolute atomic E-state index is 0.109. The number of hydrogen-bond donors (Lipinski definition) is 2. The fourth-order valence-electron chi connectivity index (χ4n) is 4.83. The van der Waals surface area contributed by atoms with E-state index in [2.05, 4.69) is 24.3 Å². The topological polar surface area (TPSA) is 90.3 Å². The molecule has 0 atom stereocenters. The van der Waals surface area contributed by atoms with Crippen molar-refractivity contribution in [1.29, 1.82) is 0 Å². The summed E-state index contributed by atoms with van der Waals surface area (Å²) in [6.45, 7) is 0.412. The number of ether oxygens (including phenoxy) is 1. The summed E-state index contributed by atoms with van der Waals surface area (Å²) in [7, 11) is 3.46. The second-order valence-electron chi connectivity index (χ2n) is 9.62. The third kappa shape index (κ3) is 7.08. The number of rotatable bonds is 10. The molecule has 1 fully saturated rings. The van der Waals surface area contributed by atoms with Crippen molar-refractivity contribution in [3.05, 3.63) is 83.4 Å². The number of carboxylic acids is 1. The van der Waals surface area contributed by atoms with Gasteiger partial charge in [-0.1, -0.05) is 43.5 Å². The van der Waals surface area contributed by atoms with Gasteiger partial charge in [0.05, 0.1) is 20.2 Å². The highest BCUT2D eigenvalue weighted by Crippen LogP contribution is 2.33. The predicted molar refractivity (Wildman–Crippen MR) is 150 cm³/mol. The van der Waals surface area contributed by atoms with Crippen LogP contribution in [0.5, 0.6) is 11.5 Å². The van der Waals surface area contributed by atoms with E-state index < -0.39 is 5.97 Å². The van der Waals surface area contributed by atoms with Gasteiger partial charge in [0.1, 0.15) is 17.1 Å². The molecule has 8 heteroatoms. The van der Waals surface area contributed by atoms with Crippen molar-refractivity contribution in [3.63, 3.8) is 0 Å². The molecule has 0 aliphatic heterocycles. The summed E-state index contributed by atoms with van der Waals surface area (Å²) in [5, 5.41) is 19.6. The van der Waals surface area contributed by atoms with Crippen molar-refractivity contribution >= 4 is 29.5 Å². The van der Waals surface area contributed by atoms with Crippen molar-refractivity contribution < 1.29 is 24.5 Å². The number of anilines is 1. The summed E-state index contributed by atoms with van der Waals surface area (Å²) in [6.07, 6.45) is 6.29. The molecular weight excluding hydrogens is 500 g/mol. The van der Waals surface area contributed by atoms with Crippen molar-refractivity contribution in [2.45, 2.75) is 49.5 Å². The fourth-order valence-corrected chi connectivity index (χ4v) is 5.62. The van der Waals surface area contributed by atoms with Crippen LogP contribution in [0.4, 0.5) is 5.69 Å². The zero-order valence-electron chi connectivity index (χ0n) is 21.8. The molecule has 1 amide bonds. The third-order valence-corrected chi connectivity index (χ3v) is 7.82. The standard InChI is InChI=1S/C30H34N2O5S/c1-31(38-26-15-13-25(37-2)14-16-26)20-29(34)32(24-12-17-27(30(35)36)28(33)18-24)19-21-8-10-23(11-9-21)22-6-4-3-5-7-22/h8-18,22,33H,3-7,19-20H2,1-2H3,(H,35,36). The number of aromatic hydroxyl groups is 1. The molecule has 0 saturated heterocycles. The molecule has 0 spiro atoms. The molecule has 1 saturated carbocycles. The fraction of sp³-hybridized carbons (Fsp3) is 0.333. The normalized spacial score (nSPS) is 13.9.